The van der Waals surface area contributed by atoms with Crippen LogP contribution in [0.2, 0.25) is 0 Å². The van der Waals surface area contributed by atoms with E-state index in [1.807, 2.05) is 42.5 Å². The van der Waals surface area contributed by atoms with Crippen LogP contribution in [0, 0.1) is 0 Å². The summed E-state index contributed by atoms with van der Waals surface area (Å²) < 4.78 is 5.27. The average molecular weight is 343 g/mol. The van der Waals surface area contributed by atoms with Crippen molar-refractivity contribution in [2.24, 2.45) is 0 Å². The van der Waals surface area contributed by atoms with Gasteiger partial charge in [-0.2, -0.15) is 0 Å². The summed E-state index contributed by atoms with van der Waals surface area (Å²) in [6, 6.07) is 26.1. The van der Waals surface area contributed by atoms with E-state index in [4.69, 9.17) is 4.74 Å². The molecule has 0 spiro atoms. The van der Waals surface area contributed by atoms with Crippen molar-refractivity contribution in [1.29, 1.82) is 0 Å². The van der Waals surface area contributed by atoms with Crippen molar-refractivity contribution in [3.05, 3.63) is 95.6 Å². The van der Waals surface area contributed by atoms with Crippen molar-refractivity contribution in [2.75, 3.05) is 12.0 Å². The van der Waals surface area contributed by atoms with Gasteiger partial charge in [-0.3, -0.25) is 4.79 Å². The molecular weight excluding hydrogens is 322 g/mol. The minimum absolute atomic E-state index is 0.0484. The van der Waals surface area contributed by atoms with E-state index >= 15 is 0 Å². The zero-order valence-electron chi connectivity index (χ0n) is 14.8. The molecule has 0 radical (unpaired) electrons. The fraction of sp³-hybridized carbons (Fsp3) is 0.174. The smallest absolute Gasteiger partial charge is 0.165 e. The second-order valence-electron chi connectivity index (χ2n) is 6.53. The van der Waals surface area contributed by atoms with E-state index in [0.29, 0.717) is 6.42 Å². The number of carbonyl (C=O) groups excluding carboxylic acids is 1. The third-order valence-corrected chi connectivity index (χ3v) is 5.01. The summed E-state index contributed by atoms with van der Waals surface area (Å²) in [4.78, 5) is 15.2. The molecule has 0 N–H and O–H groups in total. The van der Waals surface area contributed by atoms with Gasteiger partial charge in [0.25, 0.3) is 0 Å². The van der Waals surface area contributed by atoms with Gasteiger partial charge in [0.05, 0.1) is 13.2 Å². The van der Waals surface area contributed by atoms with Gasteiger partial charge in [-0.15, -0.1) is 0 Å². The van der Waals surface area contributed by atoms with E-state index < -0.39 is 0 Å². The zero-order valence-corrected chi connectivity index (χ0v) is 14.8. The van der Waals surface area contributed by atoms with E-state index in [9.17, 15) is 4.79 Å². The number of fused-ring (bicyclic) bond motifs is 1. The van der Waals surface area contributed by atoms with Gasteiger partial charge >= 0.3 is 0 Å². The minimum Gasteiger partial charge on any atom is -0.497 e. The number of nitrogens with zero attached hydrogens (tertiary/aromatic N) is 1. The van der Waals surface area contributed by atoms with Crippen LogP contribution in [0.25, 0.3) is 0 Å². The molecular formula is C23H21NO2. The monoisotopic (exact) mass is 343 g/mol. The van der Waals surface area contributed by atoms with Gasteiger partial charge in [0, 0.05) is 24.2 Å². The van der Waals surface area contributed by atoms with Crippen LogP contribution >= 0.6 is 0 Å². The number of ether oxygens (including phenoxy) is 1. The molecule has 4 rings (SSSR count). The molecule has 0 saturated carbocycles. The van der Waals surface area contributed by atoms with Gasteiger partial charge in [0.1, 0.15) is 5.75 Å². The standard InChI is InChI=1S/C23H21NO2/c1-26-20-13-11-19(12-14-20)24-16-18-9-5-6-10-21(18)22(24)15-23(25)17-7-3-2-4-8-17/h2-14,22H,15-16H2,1H3. The number of hydrogen-bond acceptors (Lipinski definition) is 3. The van der Waals surface area contributed by atoms with Gasteiger partial charge in [-0.1, -0.05) is 54.6 Å². The molecule has 3 aromatic carbocycles. The molecule has 0 aliphatic carbocycles. The molecule has 0 saturated heterocycles. The molecule has 130 valence electrons. The summed E-state index contributed by atoms with van der Waals surface area (Å²) >= 11 is 0. The van der Waals surface area contributed by atoms with E-state index in [1.54, 1.807) is 7.11 Å². The molecule has 3 aromatic rings. The van der Waals surface area contributed by atoms with Crippen LogP contribution in [-0.4, -0.2) is 12.9 Å². The first-order valence-corrected chi connectivity index (χ1v) is 8.83. The molecule has 26 heavy (non-hydrogen) atoms. The van der Waals surface area contributed by atoms with Crippen LogP contribution < -0.4 is 9.64 Å². The molecule has 1 aliphatic heterocycles. The quantitative estimate of drug-likeness (QED) is 0.609. The summed E-state index contributed by atoms with van der Waals surface area (Å²) in [5.74, 6) is 1.01. The van der Waals surface area contributed by atoms with Crippen molar-refractivity contribution in [3.63, 3.8) is 0 Å². The molecule has 0 amide bonds. The van der Waals surface area contributed by atoms with Gasteiger partial charge in [0.15, 0.2) is 5.78 Å². The summed E-state index contributed by atoms with van der Waals surface area (Å²) in [5.41, 5.74) is 4.40. The maximum Gasteiger partial charge on any atom is 0.165 e. The first-order valence-electron chi connectivity index (χ1n) is 8.83. The van der Waals surface area contributed by atoms with Crippen molar-refractivity contribution < 1.29 is 9.53 Å². The SMILES string of the molecule is COc1ccc(N2Cc3ccccc3C2CC(=O)c2ccccc2)cc1. The summed E-state index contributed by atoms with van der Waals surface area (Å²) in [7, 11) is 1.67. The lowest BCUT2D eigenvalue weighted by Gasteiger charge is -2.27. The lowest BCUT2D eigenvalue weighted by molar-refractivity contribution is 0.0974. The van der Waals surface area contributed by atoms with Crippen LogP contribution in [0.4, 0.5) is 5.69 Å². The predicted molar refractivity (Wildman–Crippen MR) is 104 cm³/mol. The third-order valence-electron chi connectivity index (χ3n) is 5.01. The predicted octanol–water partition coefficient (Wildman–Crippen LogP) is 5.03. The van der Waals surface area contributed by atoms with Crippen molar-refractivity contribution >= 4 is 11.5 Å². The molecule has 0 fully saturated rings. The Labute approximate surface area is 153 Å². The first-order chi connectivity index (χ1) is 12.8. The number of anilines is 1. The van der Waals surface area contributed by atoms with Crippen LogP contribution in [0.5, 0.6) is 5.75 Å². The molecule has 1 aliphatic rings. The number of ketones is 1. The lowest BCUT2D eigenvalue weighted by Crippen LogP contribution is -2.23. The number of rotatable bonds is 5. The Morgan fingerprint density at radius 3 is 2.38 bits per heavy atom. The van der Waals surface area contributed by atoms with Crippen LogP contribution in [0.3, 0.4) is 0 Å². The van der Waals surface area contributed by atoms with Crippen LogP contribution in [0.15, 0.2) is 78.9 Å². The van der Waals surface area contributed by atoms with E-state index in [2.05, 4.69) is 41.3 Å². The van der Waals surface area contributed by atoms with E-state index in [1.165, 1.54) is 11.1 Å². The first kappa shape index (κ1) is 16.4. The number of methoxy groups -OCH3 is 1. The zero-order chi connectivity index (χ0) is 17.9. The van der Waals surface area contributed by atoms with Crippen molar-refractivity contribution in [3.8, 4) is 5.75 Å². The maximum atomic E-state index is 12.8. The number of hydrogen-bond donors (Lipinski definition) is 0. The highest BCUT2D eigenvalue weighted by atomic mass is 16.5. The molecule has 0 aromatic heterocycles. The molecule has 3 heteroatoms. The fourth-order valence-corrected chi connectivity index (χ4v) is 3.65. The molecule has 3 nitrogen and oxygen atoms in total. The van der Waals surface area contributed by atoms with Gasteiger partial charge < -0.3 is 9.64 Å². The van der Waals surface area contributed by atoms with E-state index in [0.717, 1.165) is 23.5 Å². The number of carbonyl (C=O) groups is 1. The minimum atomic E-state index is 0.0484. The highest BCUT2D eigenvalue weighted by molar-refractivity contribution is 5.96. The topological polar surface area (TPSA) is 29.5 Å². The average Bonchev–Trinajstić information content (AvgIpc) is 3.07. The van der Waals surface area contributed by atoms with Gasteiger partial charge in [-0.05, 0) is 35.4 Å². The van der Waals surface area contributed by atoms with Crippen LogP contribution in [0.1, 0.15) is 33.9 Å². The molecule has 0 bridgehead atoms. The second-order valence-corrected chi connectivity index (χ2v) is 6.53. The third kappa shape index (κ3) is 3.08. The van der Waals surface area contributed by atoms with Crippen molar-refractivity contribution in [1.82, 2.24) is 0 Å². The molecule has 1 heterocycles. The lowest BCUT2D eigenvalue weighted by atomic mass is 9.97. The summed E-state index contributed by atoms with van der Waals surface area (Å²) in [5, 5.41) is 0. The summed E-state index contributed by atoms with van der Waals surface area (Å²) in [6.07, 6.45) is 0.465. The largest absolute Gasteiger partial charge is 0.497 e. The number of Topliss-reactive ketones (excluding diaryl/α,β-unsaturated/α-hetero) is 1. The molecule has 1 unspecified atom stereocenters. The normalized spacial score (nSPS) is 15.6. The Bertz CT molecular complexity index is 903. The Balaban J connectivity index is 1.66. The molecule has 1 atom stereocenters. The summed E-state index contributed by atoms with van der Waals surface area (Å²) in [6.45, 7) is 0.815. The Hall–Kier alpha value is -3.07. The highest BCUT2D eigenvalue weighted by Crippen LogP contribution is 2.40. The van der Waals surface area contributed by atoms with Gasteiger partial charge in [0.2, 0.25) is 0 Å². The Morgan fingerprint density at radius 2 is 1.65 bits per heavy atom. The van der Waals surface area contributed by atoms with Crippen molar-refractivity contribution in [2.45, 2.75) is 19.0 Å². The van der Waals surface area contributed by atoms with Crippen LogP contribution in [-0.2, 0) is 6.54 Å². The van der Waals surface area contributed by atoms with Gasteiger partial charge in [-0.25, -0.2) is 0 Å². The Morgan fingerprint density at radius 1 is 0.962 bits per heavy atom. The fourth-order valence-electron chi connectivity index (χ4n) is 3.65. The maximum absolute atomic E-state index is 12.8. The second kappa shape index (κ2) is 7.04. The highest BCUT2D eigenvalue weighted by Gasteiger charge is 2.32. The van der Waals surface area contributed by atoms with E-state index in [-0.39, 0.29) is 11.8 Å². The Kier molecular flexibility index (Phi) is 4.44. The number of benzene rings is 3.